The average Bonchev–Trinajstić information content (AvgIpc) is 2.98. The summed E-state index contributed by atoms with van der Waals surface area (Å²) >= 11 is 0. The fourth-order valence-corrected chi connectivity index (χ4v) is 2.26. The number of fused-ring (bicyclic) bond motifs is 1. The molecule has 3 aromatic rings. The molecule has 0 radical (unpaired) electrons. The second kappa shape index (κ2) is 4.08. The fourth-order valence-electron chi connectivity index (χ4n) is 2.26. The standard InChI is InChI=1S/C15H12N2O/c1-10-4-5-13-12(9-10)11(6-7-16)15(17-13)14-3-2-8-18-14/h2-5,8-9,17H,6H2,1H3. The van der Waals surface area contributed by atoms with Gasteiger partial charge in [0.1, 0.15) is 5.76 Å². The third-order valence-corrected chi connectivity index (χ3v) is 3.09. The summed E-state index contributed by atoms with van der Waals surface area (Å²) in [5, 5.41) is 10.1. The molecule has 0 aliphatic rings. The van der Waals surface area contributed by atoms with Gasteiger partial charge < -0.3 is 9.40 Å². The van der Waals surface area contributed by atoms with Crippen molar-refractivity contribution in [3.63, 3.8) is 0 Å². The number of hydrogen-bond acceptors (Lipinski definition) is 2. The first-order chi connectivity index (χ1) is 8.79. The second-order valence-electron chi connectivity index (χ2n) is 4.34. The summed E-state index contributed by atoms with van der Waals surface area (Å²) in [6.07, 6.45) is 2.02. The van der Waals surface area contributed by atoms with E-state index in [9.17, 15) is 0 Å². The predicted molar refractivity (Wildman–Crippen MR) is 70.1 cm³/mol. The van der Waals surface area contributed by atoms with Gasteiger partial charge in [0.05, 0.1) is 24.4 Å². The van der Waals surface area contributed by atoms with Gasteiger partial charge in [-0.3, -0.25) is 0 Å². The Morgan fingerprint density at radius 3 is 2.94 bits per heavy atom. The molecule has 0 amide bonds. The van der Waals surface area contributed by atoms with Crippen LogP contribution in [0.15, 0.2) is 41.0 Å². The lowest BCUT2D eigenvalue weighted by Crippen LogP contribution is -1.84. The number of aromatic amines is 1. The first-order valence-electron chi connectivity index (χ1n) is 5.81. The topological polar surface area (TPSA) is 52.7 Å². The molecule has 3 rings (SSSR count). The van der Waals surface area contributed by atoms with Crippen molar-refractivity contribution in [2.45, 2.75) is 13.3 Å². The normalized spacial score (nSPS) is 10.7. The lowest BCUT2D eigenvalue weighted by atomic mass is 10.1. The lowest BCUT2D eigenvalue weighted by Gasteiger charge is -1.97. The molecule has 0 aliphatic carbocycles. The minimum atomic E-state index is 0.374. The van der Waals surface area contributed by atoms with Crippen LogP contribution < -0.4 is 0 Å². The highest BCUT2D eigenvalue weighted by molar-refractivity contribution is 5.90. The molecule has 3 nitrogen and oxygen atoms in total. The number of benzene rings is 1. The van der Waals surface area contributed by atoms with E-state index < -0.39 is 0 Å². The Bertz CT molecular complexity index is 730. The quantitative estimate of drug-likeness (QED) is 0.735. The monoisotopic (exact) mass is 236 g/mol. The molecular formula is C15H12N2O. The Morgan fingerprint density at radius 1 is 1.33 bits per heavy atom. The minimum absolute atomic E-state index is 0.374. The van der Waals surface area contributed by atoms with Crippen LogP contribution in [0.2, 0.25) is 0 Å². The lowest BCUT2D eigenvalue weighted by molar-refractivity contribution is 0.580. The van der Waals surface area contributed by atoms with Crippen molar-refractivity contribution in [1.29, 1.82) is 5.26 Å². The van der Waals surface area contributed by atoms with E-state index >= 15 is 0 Å². The molecule has 2 heterocycles. The number of aryl methyl sites for hydroxylation is 1. The van der Waals surface area contributed by atoms with Gasteiger partial charge >= 0.3 is 0 Å². The number of aromatic nitrogens is 1. The van der Waals surface area contributed by atoms with Crippen molar-refractivity contribution in [2.24, 2.45) is 0 Å². The smallest absolute Gasteiger partial charge is 0.150 e. The van der Waals surface area contributed by atoms with Gasteiger partial charge in [-0.1, -0.05) is 11.6 Å². The van der Waals surface area contributed by atoms with Crippen LogP contribution in [0, 0.1) is 18.3 Å². The summed E-state index contributed by atoms with van der Waals surface area (Å²) in [6.45, 7) is 2.05. The highest BCUT2D eigenvalue weighted by Crippen LogP contribution is 2.31. The molecule has 0 spiro atoms. The van der Waals surface area contributed by atoms with Gasteiger partial charge in [-0.2, -0.15) is 5.26 Å². The Morgan fingerprint density at radius 2 is 2.22 bits per heavy atom. The van der Waals surface area contributed by atoms with Crippen LogP contribution in [-0.2, 0) is 6.42 Å². The first kappa shape index (κ1) is 10.7. The first-order valence-corrected chi connectivity index (χ1v) is 5.81. The van der Waals surface area contributed by atoms with E-state index in [4.69, 9.17) is 9.68 Å². The maximum absolute atomic E-state index is 8.99. The zero-order chi connectivity index (χ0) is 12.5. The number of H-pyrrole nitrogens is 1. The van der Waals surface area contributed by atoms with Gasteiger partial charge in [-0.15, -0.1) is 0 Å². The summed E-state index contributed by atoms with van der Waals surface area (Å²) in [7, 11) is 0. The molecule has 0 atom stereocenters. The van der Waals surface area contributed by atoms with Crippen molar-refractivity contribution in [3.05, 3.63) is 47.7 Å². The van der Waals surface area contributed by atoms with Gasteiger partial charge in [0.25, 0.3) is 0 Å². The maximum atomic E-state index is 8.99. The van der Waals surface area contributed by atoms with E-state index in [1.807, 2.05) is 18.2 Å². The summed E-state index contributed by atoms with van der Waals surface area (Å²) in [4.78, 5) is 3.33. The van der Waals surface area contributed by atoms with Crippen LogP contribution in [0.1, 0.15) is 11.1 Å². The van der Waals surface area contributed by atoms with Crippen LogP contribution in [0.25, 0.3) is 22.4 Å². The van der Waals surface area contributed by atoms with Crippen LogP contribution >= 0.6 is 0 Å². The minimum Gasteiger partial charge on any atom is -0.463 e. The van der Waals surface area contributed by atoms with Gasteiger partial charge in [0, 0.05) is 16.5 Å². The summed E-state index contributed by atoms with van der Waals surface area (Å²) in [5.74, 6) is 0.772. The molecule has 1 N–H and O–H groups in total. The van der Waals surface area contributed by atoms with Crippen molar-refractivity contribution in [3.8, 4) is 17.5 Å². The number of rotatable bonds is 2. The molecule has 0 bridgehead atoms. The Kier molecular flexibility index (Phi) is 2.42. The van der Waals surface area contributed by atoms with Gasteiger partial charge in [-0.25, -0.2) is 0 Å². The van der Waals surface area contributed by atoms with E-state index in [-0.39, 0.29) is 0 Å². The van der Waals surface area contributed by atoms with Gasteiger partial charge in [0.15, 0.2) is 0 Å². The Labute approximate surface area is 105 Å². The Balaban J connectivity index is 2.31. The maximum Gasteiger partial charge on any atom is 0.150 e. The zero-order valence-electron chi connectivity index (χ0n) is 10.0. The molecule has 0 unspecified atom stereocenters. The number of nitrogens with one attached hydrogen (secondary N) is 1. The molecule has 88 valence electrons. The molecule has 0 aliphatic heterocycles. The number of nitriles is 1. The fraction of sp³-hybridized carbons (Fsp3) is 0.133. The third kappa shape index (κ3) is 1.59. The van der Waals surface area contributed by atoms with Crippen LogP contribution in [0.4, 0.5) is 0 Å². The van der Waals surface area contributed by atoms with E-state index in [0.29, 0.717) is 6.42 Å². The molecule has 18 heavy (non-hydrogen) atoms. The van der Waals surface area contributed by atoms with Crippen LogP contribution in [0.3, 0.4) is 0 Å². The van der Waals surface area contributed by atoms with Crippen molar-refractivity contribution < 1.29 is 4.42 Å². The second-order valence-corrected chi connectivity index (χ2v) is 4.34. The van der Waals surface area contributed by atoms with Crippen molar-refractivity contribution >= 4 is 10.9 Å². The van der Waals surface area contributed by atoms with Gasteiger partial charge in [0.2, 0.25) is 0 Å². The number of furan rings is 1. The summed E-state index contributed by atoms with van der Waals surface area (Å²) in [5.41, 5.74) is 4.14. The van der Waals surface area contributed by atoms with Crippen molar-refractivity contribution in [2.75, 3.05) is 0 Å². The molecule has 0 saturated heterocycles. The number of nitrogens with zero attached hydrogens (tertiary/aromatic N) is 1. The van der Waals surface area contributed by atoms with Crippen LogP contribution in [-0.4, -0.2) is 4.98 Å². The third-order valence-electron chi connectivity index (χ3n) is 3.09. The average molecular weight is 236 g/mol. The molecule has 0 fully saturated rings. The summed E-state index contributed by atoms with van der Waals surface area (Å²) in [6, 6.07) is 12.2. The van der Waals surface area contributed by atoms with Crippen LogP contribution in [0.5, 0.6) is 0 Å². The molecule has 3 heteroatoms. The molecule has 0 saturated carbocycles. The highest BCUT2D eigenvalue weighted by atomic mass is 16.3. The van der Waals surface area contributed by atoms with E-state index in [2.05, 4.69) is 30.1 Å². The zero-order valence-corrected chi connectivity index (χ0v) is 10.0. The summed E-state index contributed by atoms with van der Waals surface area (Å²) < 4.78 is 5.43. The molecule has 1 aromatic carbocycles. The highest BCUT2D eigenvalue weighted by Gasteiger charge is 2.14. The largest absolute Gasteiger partial charge is 0.463 e. The van der Waals surface area contributed by atoms with E-state index in [1.54, 1.807) is 6.26 Å². The number of hydrogen-bond donors (Lipinski definition) is 1. The van der Waals surface area contributed by atoms with E-state index in [1.165, 1.54) is 5.56 Å². The Hall–Kier alpha value is -2.47. The predicted octanol–water partition coefficient (Wildman–Crippen LogP) is 3.80. The molecular weight excluding hydrogens is 224 g/mol. The SMILES string of the molecule is Cc1ccc2[nH]c(-c3ccco3)c(CC#N)c2c1. The van der Waals surface area contributed by atoms with E-state index in [0.717, 1.165) is 27.9 Å². The van der Waals surface area contributed by atoms with Crippen molar-refractivity contribution in [1.82, 2.24) is 4.98 Å². The molecule has 2 aromatic heterocycles. The van der Waals surface area contributed by atoms with Gasteiger partial charge in [-0.05, 0) is 31.2 Å².